The Balaban J connectivity index is 2.87. The second-order valence-electron chi connectivity index (χ2n) is 3.90. The average Bonchev–Trinajstić information content (AvgIpc) is 2.29. The number of hydrogen-bond donors (Lipinski definition) is 2. The van der Waals surface area contributed by atoms with Crippen LogP contribution in [0.5, 0.6) is 5.75 Å². The van der Waals surface area contributed by atoms with Crippen LogP contribution in [-0.4, -0.2) is 24.4 Å². The van der Waals surface area contributed by atoms with Gasteiger partial charge < -0.3 is 15.2 Å². The Bertz CT molecular complexity index is 308. The minimum atomic E-state index is -0.297. The van der Waals surface area contributed by atoms with Gasteiger partial charge in [0.1, 0.15) is 5.75 Å². The first-order valence-corrected chi connectivity index (χ1v) is 5.17. The van der Waals surface area contributed by atoms with Crippen LogP contribution in [-0.2, 0) is 0 Å². The van der Waals surface area contributed by atoms with Gasteiger partial charge in [0.2, 0.25) is 0 Å². The lowest BCUT2D eigenvalue weighted by atomic mass is 10.00. The lowest BCUT2D eigenvalue weighted by Crippen LogP contribution is -2.38. The number of methoxy groups -OCH3 is 1. The third-order valence-electron chi connectivity index (χ3n) is 2.67. The molecule has 0 spiro atoms. The van der Waals surface area contributed by atoms with Gasteiger partial charge in [-0.2, -0.15) is 0 Å². The van der Waals surface area contributed by atoms with Gasteiger partial charge in [0, 0.05) is 0 Å². The summed E-state index contributed by atoms with van der Waals surface area (Å²) in [5.74, 6) is 0.797. The van der Waals surface area contributed by atoms with E-state index in [1.807, 2.05) is 38.1 Å². The number of para-hydroxylation sites is 2. The number of aliphatic hydroxyl groups is 1. The van der Waals surface area contributed by atoms with Gasteiger partial charge in [0.25, 0.3) is 0 Å². The van der Waals surface area contributed by atoms with Crippen LogP contribution < -0.4 is 10.1 Å². The topological polar surface area (TPSA) is 41.5 Å². The van der Waals surface area contributed by atoms with E-state index < -0.39 is 0 Å². The minimum absolute atomic E-state index is 0.0988. The molecule has 3 heteroatoms. The van der Waals surface area contributed by atoms with E-state index in [-0.39, 0.29) is 12.1 Å². The molecule has 3 nitrogen and oxygen atoms in total. The Morgan fingerprint density at radius 1 is 1.40 bits per heavy atom. The molecule has 0 aromatic heterocycles. The maximum absolute atomic E-state index is 9.31. The van der Waals surface area contributed by atoms with Crippen LogP contribution in [0.1, 0.15) is 20.3 Å². The Hall–Kier alpha value is -1.22. The first-order chi connectivity index (χ1) is 7.15. The summed E-state index contributed by atoms with van der Waals surface area (Å²) in [4.78, 5) is 0. The average molecular weight is 209 g/mol. The van der Waals surface area contributed by atoms with Gasteiger partial charge >= 0.3 is 0 Å². The predicted molar refractivity (Wildman–Crippen MR) is 62.4 cm³/mol. The van der Waals surface area contributed by atoms with Gasteiger partial charge in [0.15, 0.2) is 0 Å². The summed E-state index contributed by atoms with van der Waals surface area (Å²) < 4.78 is 5.24. The van der Waals surface area contributed by atoms with E-state index >= 15 is 0 Å². The normalized spacial score (nSPS) is 14.4. The van der Waals surface area contributed by atoms with Crippen LogP contribution in [0.2, 0.25) is 0 Å². The van der Waals surface area contributed by atoms with E-state index in [1.54, 1.807) is 7.11 Å². The lowest BCUT2D eigenvalue weighted by Gasteiger charge is -2.29. The van der Waals surface area contributed by atoms with Crippen molar-refractivity contribution in [2.75, 3.05) is 19.0 Å². The zero-order valence-corrected chi connectivity index (χ0v) is 9.58. The molecule has 1 aromatic rings. The van der Waals surface area contributed by atoms with Crippen molar-refractivity contribution < 1.29 is 9.84 Å². The smallest absolute Gasteiger partial charge is 0.141 e. The van der Waals surface area contributed by atoms with Crippen molar-refractivity contribution in [3.63, 3.8) is 0 Å². The highest BCUT2D eigenvalue weighted by Crippen LogP contribution is 2.27. The van der Waals surface area contributed by atoms with Gasteiger partial charge in [-0.05, 0) is 25.5 Å². The zero-order chi connectivity index (χ0) is 11.3. The van der Waals surface area contributed by atoms with Crippen molar-refractivity contribution in [1.82, 2.24) is 0 Å². The fraction of sp³-hybridized carbons (Fsp3) is 0.500. The highest BCUT2D eigenvalue weighted by molar-refractivity contribution is 5.57. The summed E-state index contributed by atoms with van der Waals surface area (Å²) in [5, 5.41) is 12.6. The molecule has 0 radical (unpaired) electrons. The summed E-state index contributed by atoms with van der Waals surface area (Å²) in [6.45, 7) is 4.12. The number of ether oxygens (including phenoxy) is 1. The van der Waals surface area contributed by atoms with Gasteiger partial charge in [-0.15, -0.1) is 0 Å². The van der Waals surface area contributed by atoms with Crippen molar-refractivity contribution in [1.29, 1.82) is 0 Å². The summed E-state index contributed by atoms with van der Waals surface area (Å²) in [6.07, 6.45) is 0.849. The number of aliphatic hydroxyl groups excluding tert-OH is 1. The standard InChI is InChI=1S/C12H19NO2/c1-4-12(2,9-14)13-10-7-5-6-8-11(10)15-3/h5-8,13-14H,4,9H2,1-3H3. The molecule has 1 unspecified atom stereocenters. The van der Waals surface area contributed by atoms with Crippen LogP contribution in [0.4, 0.5) is 5.69 Å². The highest BCUT2D eigenvalue weighted by Gasteiger charge is 2.21. The first kappa shape index (κ1) is 11.9. The fourth-order valence-corrected chi connectivity index (χ4v) is 1.31. The molecule has 1 aromatic carbocycles. The quantitative estimate of drug-likeness (QED) is 0.781. The molecule has 1 rings (SSSR count). The Kier molecular flexibility index (Phi) is 3.97. The molecule has 0 saturated heterocycles. The molecular formula is C12H19NO2. The summed E-state index contributed by atoms with van der Waals surface area (Å²) in [7, 11) is 1.64. The molecule has 0 amide bonds. The largest absolute Gasteiger partial charge is 0.495 e. The molecule has 0 aliphatic carbocycles. The molecule has 0 bridgehead atoms. The van der Waals surface area contributed by atoms with E-state index in [9.17, 15) is 5.11 Å². The van der Waals surface area contributed by atoms with Gasteiger partial charge in [-0.1, -0.05) is 19.1 Å². The molecule has 1 atom stereocenters. The number of anilines is 1. The van der Waals surface area contributed by atoms with Gasteiger partial charge in [-0.3, -0.25) is 0 Å². The van der Waals surface area contributed by atoms with Crippen LogP contribution in [0, 0.1) is 0 Å². The van der Waals surface area contributed by atoms with Crippen molar-refractivity contribution >= 4 is 5.69 Å². The van der Waals surface area contributed by atoms with Gasteiger partial charge in [-0.25, -0.2) is 0 Å². The monoisotopic (exact) mass is 209 g/mol. The van der Waals surface area contributed by atoms with E-state index in [1.165, 1.54) is 0 Å². The first-order valence-electron chi connectivity index (χ1n) is 5.17. The number of hydrogen-bond acceptors (Lipinski definition) is 3. The van der Waals surface area contributed by atoms with Crippen LogP contribution in [0.3, 0.4) is 0 Å². The van der Waals surface area contributed by atoms with Crippen LogP contribution in [0.15, 0.2) is 24.3 Å². The fourth-order valence-electron chi connectivity index (χ4n) is 1.31. The molecular weight excluding hydrogens is 190 g/mol. The summed E-state index contributed by atoms with van der Waals surface area (Å²) in [6, 6.07) is 7.71. The van der Waals surface area contributed by atoms with Crippen LogP contribution in [0.25, 0.3) is 0 Å². The Labute approximate surface area is 91.1 Å². The molecule has 0 aliphatic heterocycles. The van der Waals surface area contributed by atoms with Crippen molar-refractivity contribution in [3.8, 4) is 5.75 Å². The lowest BCUT2D eigenvalue weighted by molar-refractivity contribution is 0.218. The highest BCUT2D eigenvalue weighted by atomic mass is 16.5. The Morgan fingerprint density at radius 3 is 2.60 bits per heavy atom. The molecule has 2 N–H and O–H groups in total. The maximum atomic E-state index is 9.31. The van der Waals surface area contributed by atoms with E-state index in [4.69, 9.17) is 4.74 Å². The third kappa shape index (κ3) is 2.86. The molecule has 15 heavy (non-hydrogen) atoms. The number of rotatable bonds is 5. The van der Waals surface area contributed by atoms with Gasteiger partial charge in [0.05, 0.1) is 24.9 Å². The van der Waals surface area contributed by atoms with E-state index in [0.717, 1.165) is 17.9 Å². The maximum Gasteiger partial charge on any atom is 0.141 e. The SMILES string of the molecule is CCC(C)(CO)Nc1ccccc1OC. The predicted octanol–water partition coefficient (Wildman–Crippen LogP) is 2.27. The molecule has 0 heterocycles. The third-order valence-corrected chi connectivity index (χ3v) is 2.67. The van der Waals surface area contributed by atoms with E-state index in [2.05, 4.69) is 5.32 Å². The van der Waals surface area contributed by atoms with Crippen molar-refractivity contribution in [2.45, 2.75) is 25.8 Å². The molecule has 0 saturated carbocycles. The second kappa shape index (κ2) is 5.03. The second-order valence-corrected chi connectivity index (χ2v) is 3.90. The number of benzene rings is 1. The van der Waals surface area contributed by atoms with E-state index in [0.29, 0.717) is 0 Å². The summed E-state index contributed by atoms with van der Waals surface area (Å²) in [5.41, 5.74) is 0.618. The van der Waals surface area contributed by atoms with Crippen molar-refractivity contribution in [3.05, 3.63) is 24.3 Å². The number of nitrogens with one attached hydrogen (secondary N) is 1. The van der Waals surface area contributed by atoms with Crippen molar-refractivity contribution in [2.24, 2.45) is 0 Å². The minimum Gasteiger partial charge on any atom is -0.495 e. The Morgan fingerprint density at radius 2 is 2.07 bits per heavy atom. The van der Waals surface area contributed by atoms with Crippen LogP contribution >= 0.6 is 0 Å². The molecule has 84 valence electrons. The summed E-state index contributed by atoms with van der Waals surface area (Å²) >= 11 is 0. The molecule has 0 aliphatic rings. The zero-order valence-electron chi connectivity index (χ0n) is 9.58. The molecule has 0 fully saturated rings.